The predicted octanol–water partition coefficient (Wildman–Crippen LogP) is 2.47. The minimum absolute atomic E-state index is 0.635. The van der Waals surface area contributed by atoms with Crippen LogP contribution in [0.3, 0.4) is 0 Å². The highest BCUT2D eigenvalue weighted by Gasteiger charge is 2.28. The zero-order valence-electron chi connectivity index (χ0n) is 11.6. The lowest BCUT2D eigenvalue weighted by atomic mass is 10.2. The van der Waals surface area contributed by atoms with Gasteiger partial charge in [0.2, 0.25) is 0 Å². The summed E-state index contributed by atoms with van der Waals surface area (Å²) in [6.45, 7) is 7.94. The zero-order chi connectivity index (χ0) is 13.9. The van der Waals surface area contributed by atoms with E-state index in [0.717, 1.165) is 25.7 Å². The van der Waals surface area contributed by atoms with Crippen molar-refractivity contribution in [3.8, 4) is 0 Å². The Morgan fingerprint density at radius 2 is 1.90 bits per heavy atom. The number of nitrogens with one attached hydrogen (secondary N) is 1. The number of hydrogen-bond donors (Lipinski definition) is 1. The van der Waals surface area contributed by atoms with Gasteiger partial charge in [0.25, 0.3) is 0 Å². The minimum atomic E-state index is 0.635. The van der Waals surface area contributed by atoms with E-state index < -0.39 is 0 Å². The van der Waals surface area contributed by atoms with Crippen LogP contribution in [0.15, 0.2) is 18.2 Å². The molecule has 2 heterocycles. The smallest absolute Gasteiger partial charge is 0.0595 e. The van der Waals surface area contributed by atoms with Crippen LogP contribution in [0.2, 0.25) is 10.0 Å². The van der Waals surface area contributed by atoms with Gasteiger partial charge in [0.15, 0.2) is 0 Å². The summed E-state index contributed by atoms with van der Waals surface area (Å²) in [4.78, 5) is 5.15. The fourth-order valence-electron chi connectivity index (χ4n) is 3.20. The topological polar surface area (TPSA) is 18.5 Å². The Hall–Kier alpha value is -0.320. The number of benzene rings is 1. The van der Waals surface area contributed by atoms with Crippen LogP contribution in [0.5, 0.6) is 0 Å². The maximum Gasteiger partial charge on any atom is 0.0595 e. The van der Waals surface area contributed by atoms with Crippen molar-refractivity contribution in [2.24, 2.45) is 0 Å². The normalized spacial score (nSPS) is 25.2. The Labute approximate surface area is 130 Å². The molecule has 1 unspecified atom stereocenters. The first-order chi connectivity index (χ1) is 9.72. The molecule has 0 spiro atoms. The Balaban J connectivity index is 1.55. The van der Waals surface area contributed by atoms with Gasteiger partial charge in [0.05, 0.1) is 10.0 Å². The summed E-state index contributed by atoms with van der Waals surface area (Å²) < 4.78 is 0. The second kappa shape index (κ2) is 6.63. The molecule has 0 aromatic heterocycles. The van der Waals surface area contributed by atoms with E-state index in [9.17, 15) is 0 Å². The van der Waals surface area contributed by atoms with Crippen molar-refractivity contribution < 1.29 is 0 Å². The van der Waals surface area contributed by atoms with Gasteiger partial charge >= 0.3 is 0 Å². The summed E-state index contributed by atoms with van der Waals surface area (Å²) in [7, 11) is 0. The Bertz CT molecular complexity index is 460. The van der Waals surface area contributed by atoms with E-state index in [1.807, 2.05) is 12.1 Å². The van der Waals surface area contributed by atoms with Gasteiger partial charge in [-0.2, -0.15) is 0 Å². The fourth-order valence-corrected chi connectivity index (χ4v) is 3.52. The highest BCUT2D eigenvalue weighted by Crippen LogP contribution is 2.24. The molecule has 2 fully saturated rings. The van der Waals surface area contributed by atoms with E-state index in [-0.39, 0.29) is 0 Å². The molecule has 0 radical (unpaired) electrons. The Kier molecular flexibility index (Phi) is 4.84. The molecule has 1 N–H and O–H groups in total. The van der Waals surface area contributed by atoms with Gasteiger partial charge in [-0.25, -0.2) is 0 Å². The number of halogens is 2. The number of piperazine rings is 1. The zero-order valence-corrected chi connectivity index (χ0v) is 13.1. The van der Waals surface area contributed by atoms with E-state index in [2.05, 4.69) is 21.2 Å². The lowest BCUT2D eigenvalue weighted by molar-refractivity contribution is 0.170. The predicted molar refractivity (Wildman–Crippen MR) is 84.6 cm³/mol. The summed E-state index contributed by atoms with van der Waals surface area (Å²) in [6, 6.07) is 6.68. The molecular formula is C15H21Cl2N3. The van der Waals surface area contributed by atoms with Crippen LogP contribution in [-0.4, -0.2) is 55.1 Å². The lowest BCUT2D eigenvalue weighted by Gasteiger charge is -2.32. The van der Waals surface area contributed by atoms with Crippen molar-refractivity contribution in [2.45, 2.75) is 19.0 Å². The van der Waals surface area contributed by atoms with E-state index in [1.54, 1.807) is 0 Å². The number of nitrogens with zero attached hydrogens (tertiary/aromatic N) is 2. The van der Waals surface area contributed by atoms with Crippen molar-refractivity contribution in [3.63, 3.8) is 0 Å². The number of hydrogen-bond acceptors (Lipinski definition) is 3. The molecule has 2 saturated heterocycles. The standard InChI is InChI=1S/C15H21Cl2N3/c16-14-2-1-12(9-15(14)17)10-19-6-3-13(11-19)20-7-4-18-5-8-20/h1-2,9,13,18H,3-8,10-11H2. The molecule has 1 aromatic rings. The first-order valence-corrected chi connectivity index (χ1v) is 8.09. The SMILES string of the molecule is Clc1ccc(CN2CCC(N3CCNCC3)C2)cc1Cl. The van der Waals surface area contributed by atoms with Crippen LogP contribution in [0.25, 0.3) is 0 Å². The molecule has 20 heavy (non-hydrogen) atoms. The summed E-state index contributed by atoms with van der Waals surface area (Å²) in [5.74, 6) is 0. The van der Waals surface area contributed by atoms with E-state index in [1.165, 1.54) is 38.2 Å². The maximum absolute atomic E-state index is 6.08. The molecule has 0 bridgehead atoms. The van der Waals surface area contributed by atoms with Gasteiger partial charge in [-0.3, -0.25) is 9.80 Å². The maximum atomic E-state index is 6.08. The summed E-state index contributed by atoms with van der Waals surface area (Å²) >= 11 is 12.0. The average Bonchev–Trinajstić information content (AvgIpc) is 2.92. The number of rotatable bonds is 3. The van der Waals surface area contributed by atoms with Crippen molar-refractivity contribution in [1.29, 1.82) is 0 Å². The molecule has 1 atom stereocenters. The van der Waals surface area contributed by atoms with Crippen molar-refractivity contribution in [3.05, 3.63) is 33.8 Å². The second-order valence-corrected chi connectivity index (χ2v) is 6.53. The molecule has 3 nitrogen and oxygen atoms in total. The molecule has 5 heteroatoms. The van der Waals surface area contributed by atoms with Crippen LogP contribution in [0, 0.1) is 0 Å². The third kappa shape index (κ3) is 3.46. The summed E-state index contributed by atoms with van der Waals surface area (Å²) in [5.41, 5.74) is 1.25. The Morgan fingerprint density at radius 3 is 2.65 bits per heavy atom. The molecule has 110 valence electrons. The van der Waals surface area contributed by atoms with Crippen LogP contribution in [0.4, 0.5) is 0 Å². The average molecular weight is 314 g/mol. The van der Waals surface area contributed by atoms with E-state index in [4.69, 9.17) is 23.2 Å². The van der Waals surface area contributed by atoms with Crippen LogP contribution >= 0.6 is 23.2 Å². The highest BCUT2D eigenvalue weighted by atomic mass is 35.5. The van der Waals surface area contributed by atoms with Gasteiger partial charge in [0.1, 0.15) is 0 Å². The molecule has 0 saturated carbocycles. The second-order valence-electron chi connectivity index (χ2n) is 5.71. The van der Waals surface area contributed by atoms with Gasteiger partial charge in [-0.15, -0.1) is 0 Å². The summed E-state index contributed by atoms with van der Waals surface area (Å²) in [5, 5.41) is 4.71. The largest absolute Gasteiger partial charge is 0.314 e. The monoisotopic (exact) mass is 313 g/mol. The third-order valence-corrected chi connectivity index (χ3v) is 5.04. The molecule has 0 aliphatic carbocycles. The van der Waals surface area contributed by atoms with Gasteiger partial charge < -0.3 is 5.32 Å². The quantitative estimate of drug-likeness (QED) is 0.925. The van der Waals surface area contributed by atoms with Crippen LogP contribution in [0.1, 0.15) is 12.0 Å². The van der Waals surface area contributed by atoms with E-state index >= 15 is 0 Å². The van der Waals surface area contributed by atoms with Crippen molar-refractivity contribution >= 4 is 23.2 Å². The van der Waals surface area contributed by atoms with Crippen LogP contribution < -0.4 is 5.32 Å². The van der Waals surface area contributed by atoms with Crippen molar-refractivity contribution in [2.75, 3.05) is 39.3 Å². The van der Waals surface area contributed by atoms with Crippen LogP contribution in [-0.2, 0) is 6.54 Å². The molecule has 2 aliphatic heterocycles. The van der Waals surface area contributed by atoms with E-state index in [0.29, 0.717) is 10.0 Å². The minimum Gasteiger partial charge on any atom is -0.314 e. The molecule has 1 aromatic carbocycles. The number of likely N-dealkylation sites (tertiary alicyclic amines) is 1. The molecule has 3 rings (SSSR count). The first kappa shape index (κ1) is 14.6. The molecular weight excluding hydrogens is 293 g/mol. The third-order valence-electron chi connectivity index (χ3n) is 4.31. The van der Waals surface area contributed by atoms with Gasteiger partial charge in [0, 0.05) is 51.9 Å². The summed E-state index contributed by atoms with van der Waals surface area (Å²) in [6.07, 6.45) is 1.28. The molecule has 2 aliphatic rings. The lowest BCUT2D eigenvalue weighted by Crippen LogP contribution is -2.49. The Morgan fingerprint density at radius 1 is 1.10 bits per heavy atom. The first-order valence-electron chi connectivity index (χ1n) is 7.33. The van der Waals surface area contributed by atoms with Gasteiger partial charge in [-0.05, 0) is 24.1 Å². The van der Waals surface area contributed by atoms with Crippen molar-refractivity contribution in [1.82, 2.24) is 15.1 Å². The fraction of sp³-hybridized carbons (Fsp3) is 0.600. The molecule has 0 amide bonds. The highest BCUT2D eigenvalue weighted by molar-refractivity contribution is 6.42. The van der Waals surface area contributed by atoms with Gasteiger partial charge in [-0.1, -0.05) is 29.3 Å².